The summed E-state index contributed by atoms with van der Waals surface area (Å²) in [7, 11) is 0. The summed E-state index contributed by atoms with van der Waals surface area (Å²) < 4.78 is 6.03. The van der Waals surface area contributed by atoms with Gasteiger partial charge in [0, 0.05) is 27.6 Å². The Labute approximate surface area is 119 Å². The highest BCUT2D eigenvalue weighted by Gasteiger charge is 2.13. The molecule has 0 bridgehead atoms. The van der Waals surface area contributed by atoms with Crippen LogP contribution < -0.4 is 0 Å². The fourth-order valence-electron chi connectivity index (χ4n) is 3.14. The number of aromatic nitrogens is 1. The van der Waals surface area contributed by atoms with Crippen molar-refractivity contribution in [3.05, 3.63) is 54.6 Å². The van der Waals surface area contributed by atoms with E-state index in [2.05, 4.69) is 23.2 Å². The number of para-hydroxylation sites is 1. The second kappa shape index (κ2) is 3.58. The summed E-state index contributed by atoms with van der Waals surface area (Å²) in [5, 5.41) is 14.1. The number of benzene rings is 3. The molecule has 0 aliphatic rings. The van der Waals surface area contributed by atoms with Crippen molar-refractivity contribution in [2.45, 2.75) is 0 Å². The van der Waals surface area contributed by atoms with Gasteiger partial charge in [-0.15, -0.1) is 0 Å². The van der Waals surface area contributed by atoms with E-state index in [0.29, 0.717) is 0 Å². The fourth-order valence-corrected chi connectivity index (χ4v) is 3.14. The Morgan fingerprint density at radius 2 is 1.62 bits per heavy atom. The molecule has 0 saturated heterocycles. The molecule has 0 aliphatic heterocycles. The summed E-state index contributed by atoms with van der Waals surface area (Å²) in [6.45, 7) is 0. The topological polar surface area (TPSA) is 49.2 Å². The molecular weight excluding hydrogens is 262 g/mol. The minimum atomic E-state index is 0.259. The zero-order valence-electron chi connectivity index (χ0n) is 11.1. The Morgan fingerprint density at radius 3 is 2.57 bits per heavy atom. The first-order valence-electron chi connectivity index (χ1n) is 6.86. The van der Waals surface area contributed by atoms with Crippen molar-refractivity contribution >= 4 is 43.7 Å². The summed E-state index contributed by atoms with van der Waals surface area (Å²) in [4.78, 5) is 3.37. The van der Waals surface area contributed by atoms with Gasteiger partial charge in [0.25, 0.3) is 0 Å². The predicted octanol–water partition coefficient (Wildman–Crippen LogP) is 4.93. The maximum atomic E-state index is 9.64. The van der Waals surface area contributed by atoms with Gasteiger partial charge in [0.1, 0.15) is 11.3 Å². The number of phenols is 1. The van der Waals surface area contributed by atoms with Crippen LogP contribution in [-0.2, 0) is 0 Å². The zero-order valence-corrected chi connectivity index (χ0v) is 11.1. The van der Waals surface area contributed by atoms with Crippen LogP contribution in [0.5, 0.6) is 5.75 Å². The lowest BCUT2D eigenvalue weighted by Crippen LogP contribution is -1.69. The van der Waals surface area contributed by atoms with E-state index in [0.717, 1.165) is 43.7 Å². The Morgan fingerprint density at radius 1 is 0.810 bits per heavy atom. The third-order valence-corrected chi connectivity index (χ3v) is 4.10. The van der Waals surface area contributed by atoms with Crippen molar-refractivity contribution < 1.29 is 9.52 Å². The third-order valence-electron chi connectivity index (χ3n) is 4.10. The van der Waals surface area contributed by atoms with Crippen LogP contribution in [0.3, 0.4) is 0 Å². The molecule has 0 fully saturated rings. The van der Waals surface area contributed by atoms with E-state index in [1.165, 1.54) is 0 Å². The molecule has 5 aromatic rings. The summed E-state index contributed by atoms with van der Waals surface area (Å²) in [6.07, 6.45) is 0. The molecule has 3 nitrogen and oxygen atoms in total. The lowest BCUT2D eigenvalue weighted by Gasteiger charge is -1.93. The van der Waals surface area contributed by atoms with Gasteiger partial charge in [-0.2, -0.15) is 0 Å². The maximum absolute atomic E-state index is 9.64. The smallest absolute Gasteiger partial charge is 0.159 e. The van der Waals surface area contributed by atoms with Gasteiger partial charge in [0.05, 0.1) is 11.0 Å². The van der Waals surface area contributed by atoms with Crippen LogP contribution in [0.15, 0.2) is 59.0 Å². The molecule has 100 valence electrons. The highest BCUT2D eigenvalue weighted by Crippen LogP contribution is 2.37. The first kappa shape index (κ1) is 10.8. The van der Waals surface area contributed by atoms with Gasteiger partial charge in [0.2, 0.25) is 0 Å². The van der Waals surface area contributed by atoms with Gasteiger partial charge in [-0.1, -0.05) is 24.3 Å². The highest BCUT2D eigenvalue weighted by atomic mass is 16.3. The molecule has 2 heterocycles. The van der Waals surface area contributed by atoms with Crippen LogP contribution in [0, 0.1) is 0 Å². The van der Waals surface area contributed by atoms with Crippen LogP contribution >= 0.6 is 0 Å². The van der Waals surface area contributed by atoms with Gasteiger partial charge in [-0.25, -0.2) is 0 Å². The molecule has 3 heteroatoms. The van der Waals surface area contributed by atoms with Crippen molar-refractivity contribution in [1.29, 1.82) is 0 Å². The largest absolute Gasteiger partial charge is 0.508 e. The first-order chi connectivity index (χ1) is 10.3. The molecule has 0 atom stereocenters. The number of aromatic amines is 1. The molecule has 5 rings (SSSR count). The van der Waals surface area contributed by atoms with Crippen LogP contribution in [-0.4, -0.2) is 10.1 Å². The minimum Gasteiger partial charge on any atom is -0.508 e. The standard InChI is InChI=1S/C18H11NO2/c20-10-5-6-11-13-7-8-14-12-3-1-2-4-16(12)21-18(14)17(13)19-15(11)9-10/h1-9,19-20H. The Hall–Kier alpha value is -2.94. The quantitative estimate of drug-likeness (QED) is 0.420. The first-order valence-corrected chi connectivity index (χ1v) is 6.86. The summed E-state index contributed by atoms with van der Waals surface area (Å²) in [5.74, 6) is 0.259. The number of H-pyrrole nitrogens is 1. The monoisotopic (exact) mass is 273 g/mol. The molecule has 2 N–H and O–H groups in total. The molecule has 21 heavy (non-hydrogen) atoms. The van der Waals surface area contributed by atoms with Crippen molar-refractivity contribution in [3.63, 3.8) is 0 Å². The van der Waals surface area contributed by atoms with Crippen LogP contribution in [0.1, 0.15) is 0 Å². The normalized spacial score (nSPS) is 12.0. The molecule has 0 spiro atoms. The van der Waals surface area contributed by atoms with Gasteiger partial charge in [0.15, 0.2) is 5.58 Å². The van der Waals surface area contributed by atoms with E-state index in [9.17, 15) is 5.11 Å². The number of rotatable bonds is 0. The number of hydrogen-bond acceptors (Lipinski definition) is 2. The van der Waals surface area contributed by atoms with Gasteiger partial charge in [-0.3, -0.25) is 0 Å². The summed E-state index contributed by atoms with van der Waals surface area (Å²) in [5.41, 5.74) is 3.65. The molecule has 3 aromatic carbocycles. The lowest BCUT2D eigenvalue weighted by atomic mass is 10.1. The van der Waals surface area contributed by atoms with E-state index in [-0.39, 0.29) is 5.75 Å². The summed E-state index contributed by atoms with van der Waals surface area (Å²) in [6, 6.07) is 17.6. The average Bonchev–Trinajstić information content (AvgIpc) is 3.04. The third kappa shape index (κ3) is 1.32. The molecule has 0 unspecified atom stereocenters. The van der Waals surface area contributed by atoms with E-state index < -0.39 is 0 Å². The molecule has 0 amide bonds. The number of nitrogens with one attached hydrogen (secondary N) is 1. The fraction of sp³-hybridized carbons (Fsp3) is 0. The SMILES string of the molecule is Oc1ccc2c(c1)[nH]c1c2ccc2c3ccccc3oc21. The van der Waals surface area contributed by atoms with E-state index >= 15 is 0 Å². The van der Waals surface area contributed by atoms with E-state index in [1.807, 2.05) is 24.3 Å². The van der Waals surface area contributed by atoms with Crippen molar-refractivity contribution in [2.24, 2.45) is 0 Å². The minimum absolute atomic E-state index is 0.259. The average molecular weight is 273 g/mol. The van der Waals surface area contributed by atoms with Crippen molar-refractivity contribution in [2.75, 3.05) is 0 Å². The van der Waals surface area contributed by atoms with Crippen LogP contribution in [0.2, 0.25) is 0 Å². The van der Waals surface area contributed by atoms with Crippen molar-refractivity contribution in [1.82, 2.24) is 4.98 Å². The Kier molecular flexibility index (Phi) is 1.84. The van der Waals surface area contributed by atoms with Crippen LogP contribution in [0.4, 0.5) is 0 Å². The second-order valence-electron chi connectivity index (χ2n) is 5.32. The number of fused-ring (bicyclic) bond motifs is 7. The zero-order chi connectivity index (χ0) is 14.0. The highest BCUT2D eigenvalue weighted by molar-refractivity contribution is 6.20. The van der Waals surface area contributed by atoms with Gasteiger partial charge >= 0.3 is 0 Å². The molecule has 0 aliphatic carbocycles. The molecular formula is C18H11NO2. The predicted molar refractivity (Wildman–Crippen MR) is 84.7 cm³/mol. The number of phenolic OH excluding ortho intramolecular Hbond substituents is 1. The van der Waals surface area contributed by atoms with Gasteiger partial charge < -0.3 is 14.5 Å². The Bertz CT molecular complexity index is 1150. The van der Waals surface area contributed by atoms with E-state index in [1.54, 1.807) is 12.1 Å². The number of furan rings is 1. The molecule has 0 saturated carbocycles. The van der Waals surface area contributed by atoms with Crippen LogP contribution in [0.25, 0.3) is 43.7 Å². The second-order valence-corrected chi connectivity index (χ2v) is 5.32. The maximum Gasteiger partial charge on any atom is 0.159 e. The number of aromatic hydroxyl groups is 1. The van der Waals surface area contributed by atoms with Gasteiger partial charge in [-0.05, 0) is 24.3 Å². The molecule has 2 aromatic heterocycles. The van der Waals surface area contributed by atoms with Crippen molar-refractivity contribution in [3.8, 4) is 5.75 Å². The lowest BCUT2D eigenvalue weighted by molar-refractivity contribution is 0.476. The number of hydrogen-bond donors (Lipinski definition) is 2. The van der Waals surface area contributed by atoms with E-state index in [4.69, 9.17) is 4.42 Å². The Balaban J connectivity index is 2.06. The molecule has 0 radical (unpaired) electrons. The summed E-state index contributed by atoms with van der Waals surface area (Å²) >= 11 is 0.